The Hall–Kier alpha value is -3.28. The lowest BCUT2D eigenvalue weighted by Crippen LogP contribution is -2.23. The zero-order chi connectivity index (χ0) is 18.5. The third-order valence-electron chi connectivity index (χ3n) is 3.94. The van der Waals surface area contributed by atoms with Crippen LogP contribution in [0.25, 0.3) is 11.3 Å². The third kappa shape index (κ3) is 4.03. The van der Waals surface area contributed by atoms with E-state index in [9.17, 15) is 4.79 Å². The van der Waals surface area contributed by atoms with Crippen molar-refractivity contribution < 1.29 is 18.8 Å². The first kappa shape index (κ1) is 17.5. The lowest BCUT2D eigenvalue weighted by Gasteiger charge is -2.08. The molecule has 0 aliphatic heterocycles. The monoisotopic (exact) mass is 352 g/mol. The summed E-state index contributed by atoms with van der Waals surface area (Å²) in [4.78, 5) is 12.4. The summed E-state index contributed by atoms with van der Waals surface area (Å²) in [5.41, 5.74) is 3.21. The van der Waals surface area contributed by atoms with E-state index in [-0.39, 0.29) is 12.5 Å². The van der Waals surface area contributed by atoms with Crippen molar-refractivity contribution in [2.45, 2.75) is 13.5 Å². The Bertz CT molecular complexity index is 878. The average Bonchev–Trinajstić information content (AvgIpc) is 3.15. The van der Waals surface area contributed by atoms with Gasteiger partial charge in [-0.3, -0.25) is 4.79 Å². The number of carbonyl (C=O) groups is 1. The molecule has 0 spiro atoms. The Balaban J connectivity index is 1.67. The van der Waals surface area contributed by atoms with Crippen LogP contribution in [0, 0.1) is 6.92 Å². The highest BCUT2D eigenvalue weighted by Gasteiger charge is 2.12. The first-order chi connectivity index (χ1) is 12.6. The number of carbonyl (C=O) groups excluding carboxylic acids is 1. The molecule has 0 bridgehead atoms. The summed E-state index contributed by atoms with van der Waals surface area (Å²) >= 11 is 0. The molecule has 134 valence electrons. The van der Waals surface area contributed by atoms with Gasteiger partial charge in [0.15, 0.2) is 5.76 Å². The zero-order valence-electron chi connectivity index (χ0n) is 14.9. The fourth-order valence-electron chi connectivity index (χ4n) is 2.46. The van der Waals surface area contributed by atoms with Gasteiger partial charge in [0, 0.05) is 23.3 Å². The van der Waals surface area contributed by atoms with Gasteiger partial charge in [-0.2, -0.15) is 0 Å². The Kier molecular flexibility index (Phi) is 5.22. The van der Waals surface area contributed by atoms with Crippen molar-refractivity contribution in [1.82, 2.24) is 10.5 Å². The van der Waals surface area contributed by atoms with E-state index in [1.165, 1.54) is 5.56 Å². The van der Waals surface area contributed by atoms with E-state index in [0.717, 1.165) is 5.56 Å². The predicted molar refractivity (Wildman–Crippen MR) is 97.4 cm³/mol. The van der Waals surface area contributed by atoms with Crippen LogP contribution in [0.2, 0.25) is 0 Å². The van der Waals surface area contributed by atoms with Gasteiger partial charge < -0.3 is 19.3 Å². The van der Waals surface area contributed by atoms with E-state index in [1.54, 1.807) is 32.4 Å². The van der Waals surface area contributed by atoms with Gasteiger partial charge >= 0.3 is 0 Å². The van der Waals surface area contributed by atoms with Crippen LogP contribution in [0.3, 0.4) is 0 Å². The summed E-state index contributed by atoms with van der Waals surface area (Å²) in [7, 11) is 3.08. The summed E-state index contributed by atoms with van der Waals surface area (Å²) in [6.45, 7) is 2.28. The number of hydrogen-bond acceptors (Lipinski definition) is 5. The minimum absolute atomic E-state index is 0.248. The van der Waals surface area contributed by atoms with E-state index in [2.05, 4.69) is 10.5 Å². The highest BCUT2D eigenvalue weighted by atomic mass is 16.5. The average molecular weight is 352 g/mol. The van der Waals surface area contributed by atoms with Gasteiger partial charge in [0.2, 0.25) is 0 Å². The van der Waals surface area contributed by atoms with E-state index in [0.29, 0.717) is 28.5 Å². The molecule has 26 heavy (non-hydrogen) atoms. The number of amides is 1. The molecular formula is C20H20N2O4. The maximum atomic E-state index is 12.4. The Labute approximate surface area is 151 Å². The fourth-order valence-corrected chi connectivity index (χ4v) is 2.46. The largest absolute Gasteiger partial charge is 0.497 e. The quantitative estimate of drug-likeness (QED) is 0.734. The first-order valence-corrected chi connectivity index (χ1v) is 8.13. The molecule has 3 rings (SSSR count). The van der Waals surface area contributed by atoms with Crippen molar-refractivity contribution in [2.24, 2.45) is 0 Å². The number of nitrogens with one attached hydrogen (secondary N) is 1. The van der Waals surface area contributed by atoms with E-state index < -0.39 is 0 Å². The van der Waals surface area contributed by atoms with Crippen LogP contribution in [0.4, 0.5) is 0 Å². The van der Waals surface area contributed by atoms with Crippen molar-refractivity contribution in [3.05, 3.63) is 65.4 Å². The van der Waals surface area contributed by atoms with Gasteiger partial charge in [0.25, 0.3) is 5.91 Å². The van der Waals surface area contributed by atoms with E-state index in [1.807, 2.05) is 37.3 Å². The number of aryl methyl sites for hydroxylation is 1. The highest BCUT2D eigenvalue weighted by Crippen LogP contribution is 2.23. The van der Waals surface area contributed by atoms with Gasteiger partial charge in [-0.1, -0.05) is 35.0 Å². The molecule has 1 N–H and O–H groups in total. The van der Waals surface area contributed by atoms with Crippen molar-refractivity contribution in [3.8, 4) is 22.8 Å². The molecule has 0 unspecified atom stereocenters. The number of hydrogen-bond donors (Lipinski definition) is 1. The predicted octanol–water partition coefficient (Wildman–Crippen LogP) is 3.60. The molecule has 6 heteroatoms. The van der Waals surface area contributed by atoms with Crippen molar-refractivity contribution in [3.63, 3.8) is 0 Å². The molecule has 1 amide bonds. The molecular weight excluding hydrogens is 332 g/mol. The van der Waals surface area contributed by atoms with Crippen molar-refractivity contribution in [2.75, 3.05) is 14.2 Å². The minimum Gasteiger partial charge on any atom is -0.497 e. The Morgan fingerprint density at radius 3 is 2.31 bits per heavy atom. The highest BCUT2D eigenvalue weighted by molar-refractivity contribution is 5.95. The Morgan fingerprint density at radius 1 is 1.04 bits per heavy atom. The van der Waals surface area contributed by atoms with Crippen LogP contribution < -0.4 is 14.8 Å². The molecule has 0 atom stereocenters. The SMILES string of the molecule is COc1cc(OC)cc(C(=O)NCc2cc(-c3ccc(C)cc3)on2)c1. The second-order valence-electron chi connectivity index (χ2n) is 5.83. The normalized spacial score (nSPS) is 10.4. The number of benzene rings is 2. The van der Waals surface area contributed by atoms with Crippen LogP contribution in [-0.2, 0) is 6.54 Å². The third-order valence-corrected chi connectivity index (χ3v) is 3.94. The zero-order valence-corrected chi connectivity index (χ0v) is 14.9. The minimum atomic E-state index is -0.248. The number of methoxy groups -OCH3 is 2. The molecule has 1 aromatic heterocycles. The number of ether oxygens (including phenoxy) is 2. The van der Waals surface area contributed by atoms with Crippen LogP contribution in [-0.4, -0.2) is 25.3 Å². The van der Waals surface area contributed by atoms with Crippen molar-refractivity contribution >= 4 is 5.91 Å². The lowest BCUT2D eigenvalue weighted by molar-refractivity contribution is 0.0949. The molecule has 1 heterocycles. The van der Waals surface area contributed by atoms with Crippen molar-refractivity contribution in [1.29, 1.82) is 0 Å². The molecule has 0 aliphatic rings. The maximum Gasteiger partial charge on any atom is 0.251 e. The summed E-state index contributed by atoms with van der Waals surface area (Å²) in [5.74, 6) is 1.52. The molecule has 0 aliphatic carbocycles. The van der Waals surface area contributed by atoms with Gasteiger partial charge in [0.05, 0.1) is 20.8 Å². The van der Waals surface area contributed by atoms with Gasteiger partial charge in [-0.15, -0.1) is 0 Å². The standard InChI is InChI=1S/C20H20N2O4/c1-13-4-6-14(7-5-13)19-10-16(22-26-19)12-21-20(23)15-8-17(24-2)11-18(9-15)25-3/h4-11H,12H2,1-3H3,(H,21,23). The number of aromatic nitrogens is 1. The summed E-state index contributed by atoms with van der Waals surface area (Å²) < 4.78 is 15.7. The smallest absolute Gasteiger partial charge is 0.251 e. The summed E-state index contributed by atoms with van der Waals surface area (Å²) in [6, 6.07) is 14.8. The first-order valence-electron chi connectivity index (χ1n) is 8.13. The molecule has 6 nitrogen and oxygen atoms in total. The molecule has 3 aromatic rings. The van der Waals surface area contributed by atoms with Crippen LogP contribution in [0.15, 0.2) is 53.1 Å². The van der Waals surface area contributed by atoms with Crippen LogP contribution in [0.1, 0.15) is 21.6 Å². The second-order valence-corrected chi connectivity index (χ2v) is 5.83. The fraction of sp³-hybridized carbons (Fsp3) is 0.200. The van der Waals surface area contributed by atoms with E-state index >= 15 is 0 Å². The molecule has 0 saturated carbocycles. The second kappa shape index (κ2) is 7.74. The van der Waals surface area contributed by atoms with Gasteiger partial charge in [0.1, 0.15) is 17.2 Å². The Morgan fingerprint density at radius 2 is 1.69 bits per heavy atom. The van der Waals surface area contributed by atoms with Gasteiger partial charge in [-0.05, 0) is 19.1 Å². The van der Waals surface area contributed by atoms with Gasteiger partial charge in [-0.25, -0.2) is 0 Å². The van der Waals surface area contributed by atoms with E-state index in [4.69, 9.17) is 14.0 Å². The molecule has 0 radical (unpaired) electrons. The number of nitrogens with zero attached hydrogens (tertiary/aromatic N) is 1. The van der Waals surface area contributed by atoms with Crippen LogP contribution in [0.5, 0.6) is 11.5 Å². The molecule has 0 fully saturated rings. The van der Waals surface area contributed by atoms with Crippen LogP contribution >= 0.6 is 0 Å². The topological polar surface area (TPSA) is 73.6 Å². The number of rotatable bonds is 6. The molecule has 2 aromatic carbocycles. The molecule has 0 saturated heterocycles. The maximum absolute atomic E-state index is 12.4. The summed E-state index contributed by atoms with van der Waals surface area (Å²) in [5, 5.41) is 6.83. The lowest BCUT2D eigenvalue weighted by atomic mass is 10.1. The summed E-state index contributed by atoms with van der Waals surface area (Å²) in [6.07, 6.45) is 0.